The van der Waals surface area contributed by atoms with Crippen LogP contribution in [0.1, 0.15) is 13.8 Å². The van der Waals surface area contributed by atoms with Crippen molar-refractivity contribution >= 4 is 5.97 Å². The molecule has 0 spiro atoms. The fourth-order valence-electron chi connectivity index (χ4n) is 0.511. The fourth-order valence-corrected chi connectivity index (χ4v) is 0.511. The molecule has 0 unspecified atom stereocenters. The molecule has 0 aromatic carbocycles. The highest BCUT2D eigenvalue weighted by molar-refractivity contribution is 5.84. The SMILES string of the molecule is C/C=C\C(C)=C/C(=N)F. The third-order valence-electron chi connectivity index (χ3n) is 0.784. The molecular weight excluding hydrogens is 117 g/mol. The van der Waals surface area contributed by atoms with Crippen LogP contribution in [-0.4, -0.2) is 5.97 Å². The summed E-state index contributed by atoms with van der Waals surface area (Å²) in [6.45, 7) is 3.59. The van der Waals surface area contributed by atoms with Gasteiger partial charge in [-0.15, -0.1) is 0 Å². The van der Waals surface area contributed by atoms with E-state index in [4.69, 9.17) is 5.41 Å². The first kappa shape index (κ1) is 8.08. The van der Waals surface area contributed by atoms with E-state index in [-0.39, 0.29) is 0 Å². The Kier molecular flexibility index (Phi) is 3.60. The number of hydrogen-bond donors (Lipinski definition) is 1. The van der Waals surface area contributed by atoms with Gasteiger partial charge >= 0.3 is 0 Å². The molecule has 2 heteroatoms. The van der Waals surface area contributed by atoms with E-state index in [1.807, 2.05) is 6.92 Å². The van der Waals surface area contributed by atoms with Crippen molar-refractivity contribution < 1.29 is 4.39 Å². The maximum atomic E-state index is 11.7. The maximum Gasteiger partial charge on any atom is 0.205 e. The van der Waals surface area contributed by atoms with Gasteiger partial charge in [-0.1, -0.05) is 12.2 Å². The lowest BCUT2D eigenvalue weighted by molar-refractivity contribution is 0.803. The second kappa shape index (κ2) is 4.01. The van der Waals surface area contributed by atoms with Crippen LogP contribution in [0.5, 0.6) is 0 Å². The molecule has 0 atom stereocenters. The maximum absolute atomic E-state index is 11.7. The first-order valence-electron chi connectivity index (χ1n) is 2.72. The van der Waals surface area contributed by atoms with Gasteiger partial charge in [-0.3, -0.25) is 5.41 Å². The summed E-state index contributed by atoms with van der Waals surface area (Å²) in [5.74, 6) is -0.898. The van der Waals surface area contributed by atoms with Crippen LogP contribution in [0, 0.1) is 5.41 Å². The highest BCUT2D eigenvalue weighted by Gasteiger charge is 1.84. The molecule has 0 radical (unpaired) electrons. The van der Waals surface area contributed by atoms with Crippen molar-refractivity contribution in [3.05, 3.63) is 23.8 Å². The summed E-state index contributed by atoms with van der Waals surface area (Å²) in [5, 5.41) is 6.43. The van der Waals surface area contributed by atoms with Gasteiger partial charge in [0.25, 0.3) is 0 Å². The van der Waals surface area contributed by atoms with E-state index in [0.29, 0.717) is 0 Å². The topological polar surface area (TPSA) is 23.9 Å². The van der Waals surface area contributed by atoms with E-state index >= 15 is 0 Å². The van der Waals surface area contributed by atoms with Crippen molar-refractivity contribution in [1.82, 2.24) is 0 Å². The fraction of sp³-hybridized carbons (Fsp3) is 0.286. The first-order valence-corrected chi connectivity index (χ1v) is 2.72. The Morgan fingerprint density at radius 1 is 1.56 bits per heavy atom. The van der Waals surface area contributed by atoms with Gasteiger partial charge in [-0.05, 0) is 25.5 Å². The molecule has 0 saturated heterocycles. The minimum atomic E-state index is -0.898. The lowest BCUT2D eigenvalue weighted by Gasteiger charge is -1.85. The molecule has 0 saturated carbocycles. The monoisotopic (exact) mass is 127 g/mol. The average molecular weight is 127 g/mol. The van der Waals surface area contributed by atoms with Crippen molar-refractivity contribution in [1.29, 1.82) is 5.41 Å². The van der Waals surface area contributed by atoms with Crippen molar-refractivity contribution in [2.75, 3.05) is 0 Å². The summed E-state index contributed by atoms with van der Waals surface area (Å²) < 4.78 is 11.7. The van der Waals surface area contributed by atoms with Crippen molar-refractivity contribution in [2.45, 2.75) is 13.8 Å². The molecule has 50 valence electrons. The predicted octanol–water partition coefficient (Wildman–Crippen LogP) is 2.46. The Labute approximate surface area is 54.4 Å². The summed E-state index contributed by atoms with van der Waals surface area (Å²) in [6, 6.07) is 0. The smallest absolute Gasteiger partial charge is 0.205 e. The zero-order valence-electron chi connectivity index (χ0n) is 5.61. The molecule has 0 aromatic rings. The standard InChI is InChI=1S/C7H10FN/c1-3-4-6(2)5-7(8)9/h3-5,9H,1-2H3/b4-3-,6-5-,9-7?. The van der Waals surface area contributed by atoms with Crippen LogP contribution in [0.4, 0.5) is 4.39 Å². The summed E-state index contributed by atoms with van der Waals surface area (Å²) in [6.07, 6.45) is 4.71. The van der Waals surface area contributed by atoms with Crippen LogP contribution in [0.2, 0.25) is 0 Å². The molecule has 0 aliphatic rings. The van der Waals surface area contributed by atoms with Crippen molar-refractivity contribution in [2.24, 2.45) is 0 Å². The van der Waals surface area contributed by atoms with Crippen molar-refractivity contribution in [3.8, 4) is 0 Å². The third kappa shape index (κ3) is 4.94. The van der Waals surface area contributed by atoms with Crippen LogP contribution in [0.25, 0.3) is 0 Å². The zero-order chi connectivity index (χ0) is 7.28. The molecule has 0 aliphatic heterocycles. The number of hydrogen-bond acceptors (Lipinski definition) is 1. The van der Waals surface area contributed by atoms with Crippen LogP contribution < -0.4 is 0 Å². The van der Waals surface area contributed by atoms with Gasteiger partial charge in [-0.2, -0.15) is 4.39 Å². The molecule has 0 bridgehead atoms. The molecule has 0 rings (SSSR count). The van der Waals surface area contributed by atoms with E-state index in [9.17, 15) is 4.39 Å². The van der Waals surface area contributed by atoms with Gasteiger partial charge in [-0.25, -0.2) is 0 Å². The Morgan fingerprint density at radius 3 is 2.44 bits per heavy atom. The highest BCUT2D eigenvalue weighted by atomic mass is 19.1. The van der Waals surface area contributed by atoms with Crippen LogP contribution >= 0.6 is 0 Å². The van der Waals surface area contributed by atoms with Crippen LogP contribution in [0.3, 0.4) is 0 Å². The quantitative estimate of drug-likeness (QED) is 0.435. The minimum absolute atomic E-state index is 0.755. The Balaban J connectivity index is 4.00. The summed E-state index contributed by atoms with van der Waals surface area (Å²) in [5.41, 5.74) is 0.755. The molecule has 9 heavy (non-hydrogen) atoms. The number of halogens is 1. The summed E-state index contributed by atoms with van der Waals surface area (Å²) >= 11 is 0. The van der Waals surface area contributed by atoms with Crippen molar-refractivity contribution in [3.63, 3.8) is 0 Å². The van der Waals surface area contributed by atoms with E-state index in [2.05, 4.69) is 0 Å². The van der Waals surface area contributed by atoms with E-state index in [1.165, 1.54) is 6.08 Å². The largest absolute Gasteiger partial charge is 0.274 e. The third-order valence-corrected chi connectivity index (χ3v) is 0.784. The Bertz CT molecular complexity index is 156. The van der Waals surface area contributed by atoms with Gasteiger partial charge in [0.1, 0.15) is 0 Å². The molecule has 0 aliphatic carbocycles. The minimum Gasteiger partial charge on any atom is -0.274 e. The molecule has 1 N–H and O–H groups in total. The number of nitrogens with one attached hydrogen (secondary N) is 1. The van der Waals surface area contributed by atoms with Gasteiger partial charge < -0.3 is 0 Å². The van der Waals surface area contributed by atoms with E-state index < -0.39 is 5.97 Å². The molecule has 0 aromatic heterocycles. The van der Waals surface area contributed by atoms with Crippen LogP contribution in [0.15, 0.2) is 23.8 Å². The molecule has 1 nitrogen and oxygen atoms in total. The normalized spacial score (nSPS) is 12.6. The molecule has 0 amide bonds. The van der Waals surface area contributed by atoms with Gasteiger partial charge in [0.05, 0.1) is 0 Å². The van der Waals surface area contributed by atoms with E-state index in [1.54, 1.807) is 19.1 Å². The second-order valence-electron chi connectivity index (χ2n) is 1.74. The lowest BCUT2D eigenvalue weighted by Crippen LogP contribution is -1.78. The zero-order valence-corrected chi connectivity index (χ0v) is 5.61. The number of allylic oxidation sites excluding steroid dienone is 4. The summed E-state index contributed by atoms with van der Waals surface area (Å²) in [4.78, 5) is 0. The molecule has 0 heterocycles. The first-order chi connectivity index (χ1) is 4.16. The Morgan fingerprint density at radius 2 is 2.11 bits per heavy atom. The second-order valence-corrected chi connectivity index (χ2v) is 1.74. The Hall–Kier alpha value is -0.920. The number of rotatable bonds is 2. The van der Waals surface area contributed by atoms with E-state index in [0.717, 1.165) is 5.57 Å². The molecule has 0 fully saturated rings. The van der Waals surface area contributed by atoms with Gasteiger partial charge in [0, 0.05) is 0 Å². The summed E-state index contributed by atoms with van der Waals surface area (Å²) in [7, 11) is 0. The lowest BCUT2D eigenvalue weighted by atomic mass is 10.2. The highest BCUT2D eigenvalue weighted by Crippen LogP contribution is 1.94. The predicted molar refractivity (Wildman–Crippen MR) is 37.4 cm³/mol. The van der Waals surface area contributed by atoms with Gasteiger partial charge in [0.15, 0.2) is 0 Å². The average Bonchev–Trinajstić information content (AvgIpc) is 1.63. The van der Waals surface area contributed by atoms with Gasteiger partial charge in [0.2, 0.25) is 5.97 Å². The van der Waals surface area contributed by atoms with Crippen LogP contribution in [-0.2, 0) is 0 Å². The molecular formula is C7H10FN.